The Morgan fingerprint density at radius 1 is 1.05 bits per heavy atom. The molecule has 0 amide bonds. The molecule has 1 aliphatic heterocycles. The summed E-state index contributed by atoms with van der Waals surface area (Å²) in [6, 6.07) is 1.01. The first-order valence-electron chi connectivity index (χ1n) is 7.71. The van der Waals surface area contributed by atoms with Gasteiger partial charge in [-0.2, -0.15) is 0 Å². The molecule has 4 heteroatoms. The first-order chi connectivity index (χ1) is 8.75. The van der Waals surface area contributed by atoms with E-state index in [0.29, 0.717) is 34.4 Å². The Kier molecular flexibility index (Phi) is 3.07. The maximum absolute atomic E-state index is 11.5. The summed E-state index contributed by atoms with van der Waals surface area (Å²) in [5.74, 6) is 1.60. The van der Waals surface area contributed by atoms with Gasteiger partial charge in [0.25, 0.3) is 0 Å². The van der Waals surface area contributed by atoms with Gasteiger partial charge in [0.15, 0.2) is 0 Å². The smallest absolute Gasteiger partial charge is 0.150 e. The van der Waals surface area contributed by atoms with Crippen LogP contribution in [0.5, 0.6) is 0 Å². The lowest BCUT2D eigenvalue weighted by Gasteiger charge is -2.41. The van der Waals surface area contributed by atoms with Crippen LogP contribution < -0.4 is 5.32 Å². The number of hydrogen-bond acceptors (Lipinski definition) is 3. The number of hydrogen-bond donors (Lipinski definition) is 1. The standard InChI is InChI=1S/C15H27NO2S/c1-14(2)11-4-7-15(14,3)13(10-11)16-12-5-8-19(17,18)9-6-12/h11-13,16H,4-10H2,1-3H3. The minimum Gasteiger partial charge on any atom is -0.311 e. The molecule has 2 bridgehead atoms. The second-order valence-electron chi connectivity index (χ2n) is 7.76. The SMILES string of the molecule is CC1(C)C2CCC1(C)C(NC1CCS(=O)(=O)CC1)C2. The molecule has 3 fully saturated rings. The van der Waals surface area contributed by atoms with Crippen molar-refractivity contribution >= 4 is 9.84 Å². The number of nitrogens with one attached hydrogen (secondary N) is 1. The Balaban J connectivity index is 1.67. The molecule has 110 valence electrons. The number of sulfone groups is 1. The third-order valence-corrected chi connectivity index (χ3v) is 8.50. The van der Waals surface area contributed by atoms with Crippen molar-refractivity contribution in [3.63, 3.8) is 0 Å². The van der Waals surface area contributed by atoms with E-state index in [1.807, 2.05) is 0 Å². The van der Waals surface area contributed by atoms with E-state index < -0.39 is 9.84 Å². The molecular weight excluding hydrogens is 258 g/mol. The lowest BCUT2D eigenvalue weighted by Crippen LogP contribution is -2.50. The largest absolute Gasteiger partial charge is 0.311 e. The Labute approximate surface area is 117 Å². The summed E-state index contributed by atoms with van der Waals surface area (Å²) in [5, 5.41) is 3.82. The molecule has 3 atom stereocenters. The zero-order valence-corrected chi connectivity index (χ0v) is 13.2. The fourth-order valence-corrected chi connectivity index (χ4v) is 6.29. The van der Waals surface area contributed by atoms with Gasteiger partial charge < -0.3 is 5.32 Å². The highest BCUT2D eigenvalue weighted by Crippen LogP contribution is 2.65. The molecule has 19 heavy (non-hydrogen) atoms. The van der Waals surface area contributed by atoms with Crippen LogP contribution in [0.2, 0.25) is 0 Å². The summed E-state index contributed by atoms with van der Waals surface area (Å²) in [5.41, 5.74) is 0.833. The average Bonchev–Trinajstić information content (AvgIpc) is 2.65. The molecule has 0 radical (unpaired) electrons. The summed E-state index contributed by atoms with van der Waals surface area (Å²) < 4.78 is 23.0. The van der Waals surface area contributed by atoms with Crippen molar-refractivity contribution in [2.75, 3.05) is 11.5 Å². The van der Waals surface area contributed by atoms with E-state index in [-0.39, 0.29) is 0 Å². The van der Waals surface area contributed by atoms with Crippen molar-refractivity contribution in [1.82, 2.24) is 5.32 Å². The van der Waals surface area contributed by atoms with E-state index >= 15 is 0 Å². The summed E-state index contributed by atoms with van der Waals surface area (Å²) in [6.45, 7) is 7.30. The van der Waals surface area contributed by atoms with Gasteiger partial charge in [-0.15, -0.1) is 0 Å². The van der Waals surface area contributed by atoms with Gasteiger partial charge in [0.05, 0.1) is 11.5 Å². The molecule has 0 aromatic rings. The molecule has 1 heterocycles. The highest BCUT2D eigenvalue weighted by atomic mass is 32.2. The molecule has 3 unspecified atom stereocenters. The zero-order valence-electron chi connectivity index (χ0n) is 12.4. The first kappa shape index (κ1) is 13.9. The second-order valence-corrected chi connectivity index (χ2v) is 10.1. The molecule has 2 saturated carbocycles. The van der Waals surface area contributed by atoms with Crippen LogP contribution in [0.25, 0.3) is 0 Å². The quantitative estimate of drug-likeness (QED) is 0.847. The summed E-state index contributed by atoms with van der Waals surface area (Å²) >= 11 is 0. The van der Waals surface area contributed by atoms with Crippen LogP contribution in [0.3, 0.4) is 0 Å². The summed E-state index contributed by atoms with van der Waals surface area (Å²) in [7, 11) is -2.74. The van der Waals surface area contributed by atoms with Crippen molar-refractivity contribution in [3.05, 3.63) is 0 Å². The van der Waals surface area contributed by atoms with E-state index in [4.69, 9.17) is 0 Å². The fourth-order valence-electron chi connectivity index (χ4n) is 4.80. The highest BCUT2D eigenvalue weighted by molar-refractivity contribution is 7.91. The van der Waals surface area contributed by atoms with Crippen molar-refractivity contribution in [2.45, 2.75) is 65.0 Å². The van der Waals surface area contributed by atoms with Gasteiger partial charge in [-0.1, -0.05) is 20.8 Å². The van der Waals surface area contributed by atoms with Crippen LogP contribution in [0.4, 0.5) is 0 Å². The van der Waals surface area contributed by atoms with Gasteiger partial charge in [-0.25, -0.2) is 8.42 Å². The van der Waals surface area contributed by atoms with Gasteiger partial charge in [0.1, 0.15) is 9.84 Å². The van der Waals surface area contributed by atoms with Gasteiger partial charge >= 0.3 is 0 Å². The summed E-state index contributed by atoms with van der Waals surface area (Å²) in [4.78, 5) is 0. The maximum atomic E-state index is 11.5. The van der Waals surface area contributed by atoms with Crippen LogP contribution in [-0.4, -0.2) is 32.0 Å². The van der Waals surface area contributed by atoms with Crippen LogP contribution in [0.1, 0.15) is 52.9 Å². The first-order valence-corrected chi connectivity index (χ1v) is 9.53. The molecule has 0 aromatic carbocycles. The number of fused-ring (bicyclic) bond motifs is 2. The normalized spacial score (nSPS) is 44.6. The predicted octanol–water partition coefficient (Wildman–Crippen LogP) is 2.37. The Morgan fingerprint density at radius 2 is 1.68 bits per heavy atom. The third kappa shape index (κ3) is 2.06. The lowest BCUT2D eigenvalue weighted by atomic mass is 9.69. The average molecular weight is 285 g/mol. The van der Waals surface area contributed by atoms with E-state index in [0.717, 1.165) is 18.8 Å². The summed E-state index contributed by atoms with van der Waals surface area (Å²) in [6.07, 6.45) is 5.60. The number of rotatable bonds is 2. The minimum atomic E-state index is -2.74. The van der Waals surface area contributed by atoms with Crippen LogP contribution in [0.15, 0.2) is 0 Å². The molecule has 0 aromatic heterocycles. The molecule has 3 nitrogen and oxygen atoms in total. The predicted molar refractivity (Wildman–Crippen MR) is 77.8 cm³/mol. The molecule has 1 saturated heterocycles. The molecule has 1 N–H and O–H groups in total. The molecular formula is C15H27NO2S. The Hall–Kier alpha value is -0.0900. The topological polar surface area (TPSA) is 46.2 Å². The monoisotopic (exact) mass is 285 g/mol. The van der Waals surface area contributed by atoms with Gasteiger partial charge in [0.2, 0.25) is 0 Å². The highest BCUT2D eigenvalue weighted by Gasteiger charge is 2.61. The van der Waals surface area contributed by atoms with E-state index in [9.17, 15) is 8.42 Å². The third-order valence-electron chi connectivity index (χ3n) is 6.79. The van der Waals surface area contributed by atoms with E-state index in [1.54, 1.807) is 0 Å². The van der Waals surface area contributed by atoms with E-state index in [2.05, 4.69) is 26.1 Å². The van der Waals surface area contributed by atoms with Gasteiger partial charge in [-0.3, -0.25) is 0 Å². The van der Waals surface area contributed by atoms with Crippen molar-refractivity contribution in [3.8, 4) is 0 Å². The molecule has 0 spiro atoms. The Morgan fingerprint density at radius 3 is 2.16 bits per heavy atom. The molecule has 3 rings (SSSR count). The second kappa shape index (κ2) is 4.20. The van der Waals surface area contributed by atoms with Crippen LogP contribution >= 0.6 is 0 Å². The van der Waals surface area contributed by atoms with E-state index in [1.165, 1.54) is 19.3 Å². The zero-order chi connectivity index (χ0) is 13.9. The molecule has 3 aliphatic rings. The van der Waals surface area contributed by atoms with Crippen molar-refractivity contribution < 1.29 is 8.42 Å². The molecule has 2 aliphatic carbocycles. The van der Waals surface area contributed by atoms with Crippen LogP contribution in [-0.2, 0) is 9.84 Å². The van der Waals surface area contributed by atoms with Gasteiger partial charge in [-0.05, 0) is 48.9 Å². The Bertz CT molecular complexity index is 457. The van der Waals surface area contributed by atoms with Crippen LogP contribution in [0, 0.1) is 16.7 Å². The fraction of sp³-hybridized carbons (Fsp3) is 1.00. The lowest BCUT2D eigenvalue weighted by molar-refractivity contribution is 0.114. The van der Waals surface area contributed by atoms with Crippen molar-refractivity contribution in [1.29, 1.82) is 0 Å². The minimum absolute atomic E-state index is 0.376. The van der Waals surface area contributed by atoms with Gasteiger partial charge in [0, 0.05) is 12.1 Å². The maximum Gasteiger partial charge on any atom is 0.150 e. The van der Waals surface area contributed by atoms with Crippen molar-refractivity contribution in [2.24, 2.45) is 16.7 Å².